The highest BCUT2D eigenvalue weighted by Gasteiger charge is 2.34. The normalized spacial score (nSPS) is 22.8. The molecular weight excluding hydrogens is 258 g/mol. The van der Waals surface area contributed by atoms with Crippen LogP contribution in [0.25, 0.3) is 0 Å². The second-order valence-electron chi connectivity index (χ2n) is 7.34. The molecule has 3 rings (SSSR count). The fraction of sp³-hybridized carbons (Fsp3) is 0.684. The number of benzene rings is 1. The summed E-state index contributed by atoms with van der Waals surface area (Å²) in [4.78, 5) is 0. The van der Waals surface area contributed by atoms with Crippen molar-refractivity contribution in [2.45, 2.75) is 57.9 Å². The lowest BCUT2D eigenvalue weighted by atomic mass is 9.75. The van der Waals surface area contributed by atoms with Gasteiger partial charge in [0.15, 0.2) is 0 Å². The lowest BCUT2D eigenvalue weighted by Crippen LogP contribution is -2.36. The number of nitrogens with one attached hydrogen (secondary N) is 1. The van der Waals surface area contributed by atoms with E-state index in [9.17, 15) is 0 Å². The molecule has 2 nitrogen and oxygen atoms in total. The Morgan fingerprint density at radius 1 is 1.14 bits per heavy atom. The van der Waals surface area contributed by atoms with Crippen LogP contribution in [0.2, 0.25) is 0 Å². The van der Waals surface area contributed by atoms with Crippen LogP contribution in [0.15, 0.2) is 24.3 Å². The molecule has 1 aromatic carbocycles. The average Bonchev–Trinajstić information content (AvgIpc) is 3.34. The van der Waals surface area contributed by atoms with Crippen LogP contribution in [0.4, 0.5) is 0 Å². The molecule has 2 heteroatoms. The summed E-state index contributed by atoms with van der Waals surface area (Å²) >= 11 is 0. The molecular formula is C19H29NO. The van der Waals surface area contributed by atoms with E-state index in [1.165, 1.54) is 57.1 Å². The molecule has 2 fully saturated rings. The molecule has 0 aromatic heterocycles. The van der Waals surface area contributed by atoms with Gasteiger partial charge in [0.05, 0.1) is 7.11 Å². The molecule has 0 radical (unpaired) electrons. The molecule has 0 bridgehead atoms. The molecule has 2 aliphatic rings. The van der Waals surface area contributed by atoms with Gasteiger partial charge in [0.25, 0.3) is 0 Å². The smallest absolute Gasteiger partial charge is 0.118 e. The van der Waals surface area contributed by atoms with Crippen molar-refractivity contribution in [2.75, 3.05) is 13.7 Å². The molecule has 0 aliphatic heterocycles. The third kappa shape index (κ3) is 3.79. The molecule has 2 saturated carbocycles. The highest BCUT2D eigenvalue weighted by atomic mass is 16.5. The maximum atomic E-state index is 5.28. The first-order chi connectivity index (χ1) is 10.2. The molecule has 21 heavy (non-hydrogen) atoms. The summed E-state index contributed by atoms with van der Waals surface area (Å²) in [6.45, 7) is 3.64. The number of hydrogen-bond acceptors (Lipinski definition) is 2. The summed E-state index contributed by atoms with van der Waals surface area (Å²) in [6.07, 6.45) is 9.78. The van der Waals surface area contributed by atoms with Crippen LogP contribution in [0.1, 0.15) is 63.5 Å². The Hall–Kier alpha value is -1.02. The molecule has 116 valence electrons. The Kier molecular flexibility index (Phi) is 4.54. The van der Waals surface area contributed by atoms with Crippen molar-refractivity contribution in [1.29, 1.82) is 0 Å². The lowest BCUT2D eigenvalue weighted by Gasteiger charge is -2.35. The van der Waals surface area contributed by atoms with Gasteiger partial charge in [-0.15, -0.1) is 0 Å². The van der Waals surface area contributed by atoms with Crippen LogP contribution in [-0.4, -0.2) is 13.7 Å². The minimum atomic E-state index is 0.512. The molecule has 1 aromatic rings. The fourth-order valence-corrected chi connectivity index (χ4v) is 3.74. The van der Waals surface area contributed by atoms with Crippen LogP contribution < -0.4 is 10.1 Å². The molecule has 0 heterocycles. The quantitative estimate of drug-likeness (QED) is 0.818. The highest BCUT2D eigenvalue weighted by Crippen LogP contribution is 2.42. The standard InChI is InChI=1S/C19H29NO/c1-19(12-4-3-5-13-19)14-20-18(15-6-7-15)16-8-10-17(21-2)11-9-16/h8-11,15,18,20H,3-7,12-14H2,1-2H3. The Morgan fingerprint density at radius 2 is 1.81 bits per heavy atom. The topological polar surface area (TPSA) is 21.3 Å². The fourth-order valence-electron chi connectivity index (χ4n) is 3.74. The van der Waals surface area contributed by atoms with Gasteiger partial charge in [0, 0.05) is 12.6 Å². The van der Waals surface area contributed by atoms with Crippen LogP contribution in [0.5, 0.6) is 5.75 Å². The average molecular weight is 287 g/mol. The second-order valence-corrected chi connectivity index (χ2v) is 7.34. The Morgan fingerprint density at radius 3 is 2.38 bits per heavy atom. The van der Waals surface area contributed by atoms with E-state index in [4.69, 9.17) is 4.74 Å². The Bertz CT molecular complexity index is 443. The molecule has 1 atom stereocenters. The van der Waals surface area contributed by atoms with Gasteiger partial charge < -0.3 is 10.1 Å². The molecule has 1 unspecified atom stereocenters. The molecule has 0 saturated heterocycles. The summed E-state index contributed by atoms with van der Waals surface area (Å²) in [5.74, 6) is 1.79. The van der Waals surface area contributed by atoms with E-state index in [0.717, 1.165) is 11.7 Å². The van der Waals surface area contributed by atoms with Crippen molar-refractivity contribution in [2.24, 2.45) is 11.3 Å². The highest BCUT2D eigenvalue weighted by molar-refractivity contribution is 5.30. The van der Waals surface area contributed by atoms with E-state index in [1.54, 1.807) is 7.11 Å². The second kappa shape index (κ2) is 6.39. The summed E-state index contributed by atoms with van der Waals surface area (Å²) < 4.78 is 5.28. The minimum absolute atomic E-state index is 0.512. The number of hydrogen-bond donors (Lipinski definition) is 1. The summed E-state index contributed by atoms with van der Waals surface area (Å²) in [5.41, 5.74) is 1.94. The first-order valence-electron chi connectivity index (χ1n) is 8.58. The van der Waals surface area contributed by atoms with Gasteiger partial charge in [-0.1, -0.05) is 38.3 Å². The molecule has 2 aliphatic carbocycles. The van der Waals surface area contributed by atoms with Gasteiger partial charge in [-0.05, 0) is 54.7 Å². The number of rotatable bonds is 6. The first kappa shape index (κ1) is 14.9. The predicted octanol–water partition coefficient (Wildman–Crippen LogP) is 4.71. The predicted molar refractivity (Wildman–Crippen MR) is 87.7 cm³/mol. The summed E-state index contributed by atoms with van der Waals surface area (Å²) in [5, 5.41) is 3.90. The van der Waals surface area contributed by atoms with Crippen LogP contribution >= 0.6 is 0 Å². The SMILES string of the molecule is COc1ccc(C(NCC2(C)CCCCC2)C2CC2)cc1. The monoisotopic (exact) mass is 287 g/mol. The minimum Gasteiger partial charge on any atom is -0.497 e. The Balaban J connectivity index is 1.64. The van der Waals surface area contributed by atoms with E-state index < -0.39 is 0 Å². The Labute approximate surface area is 129 Å². The third-order valence-electron chi connectivity index (χ3n) is 5.38. The summed E-state index contributed by atoms with van der Waals surface area (Å²) in [6, 6.07) is 9.19. The molecule has 0 amide bonds. The van der Waals surface area contributed by atoms with E-state index in [0.29, 0.717) is 11.5 Å². The maximum Gasteiger partial charge on any atom is 0.118 e. The van der Waals surface area contributed by atoms with E-state index in [-0.39, 0.29) is 0 Å². The number of methoxy groups -OCH3 is 1. The van der Waals surface area contributed by atoms with Crippen molar-refractivity contribution in [3.05, 3.63) is 29.8 Å². The van der Waals surface area contributed by atoms with Crippen molar-refractivity contribution in [3.63, 3.8) is 0 Å². The van der Waals surface area contributed by atoms with Crippen molar-refractivity contribution in [3.8, 4) is 5.75 Å². The summed E-state index contributed by atoms with van der Waals surface area (Å²) in [7, 11) is 1.73. The van der Waals surface area contributed by atoms with Gasteiger partial charge in [-0.2, -0.15) is 0 Å². The zero-order valence-electron chi connectivity index (χ0n) is 13.5. The first-order valence-corrected chi connectivity index (χ1v) is 8.58. The number of ether oxygens (including phenoxy) is 1. The molecule has 0 spiro atoms. The van der Waals surface area contributed by atoms with E-state index >= 15 is 0 Å². The molecule has 1 N–H and O–H groups in total. The maximum absolute atomic E-state index is 5.28. The van der Waals surface area contributed by atoms with Gasteiger partial charge in [0.1, 0.15) is 5.75 Å². The zero-order chi connectivity index (χ0) is 14.7. The van der Waals surface area contributed by atoms with Crippen LogP contribution in [0.3, 0.4) is 0 Å². The van der Waals surface area contributed by atoms with Crippen LogP contribution in [0, 0.1) is 11.3 Å². The van der Waals surface area contributed by atoms with Gasteiger partial charge in [-0.25, -0.2) is 0 Å². The van der Waals surface area contributed by atoms with Crippen molar-refractivity contribution < 1.29 is 4.74 Å². The van der Waals surface area contributed by atoms with Gasteiger partial charge >= 0.3 is 0 Å². The van der Waals surface area contributed by atoms with Gasteiger partial charge in [0.2, 0.25) is 0 Å². The lowest BCUT2D eigenvalue weighted by molar-refractivity contribution is 0.197. The van der Waals surface area contributed by atoms with Crippen molar-refractivity contribution in [1.82, 2.24) is 5.32 Å². The third-order valence-corrected chi connectivity index (χ3v) is 5.38. The van der Waals surface area contributed by atoms with Crippen molar-refractivity contribution >= 4 is 0 Å². The largest absolute Gasteiger partial charge is 0.497 e. The van der Waals surface area contributed by atoms with Crippen LogP contribution in [-0.2, 0) is 0 Å². The van der Waals surface area contributed by atoms with Gasteiger partial charge in [-0.3, -0.25) is 0 Å². The van der Waals surface area contributed by atoms with E-state index in [1.807, 2.05) is 0 Å². The van der Waals surface area contributed by atoms with E-state index in [2.05, 4.69) is 36.5 Å². The zero-order valence-corrected chi connectivity index (χ0v) is 13.5.